The summed E-state index contributed by atoms with van der Waals surface area (Å²) in [5, 5.41) is 6.19. The average Bonchev–Trinajstić information content (AvgIpc) is 2.72. The van der Waals surface area contributed by atoms with Crippen LogP contribution in [0.1, 0.15) is 17.2 Å². The quantitative estimate of drug-likeness (QED) is 0.591. The molecule has 1 atom stereocenters. The summed E-state index contributed by atoms with van der Waals surface area (Å²) >= 11 is 5.96. The first-order chi connectivity index (χ1) is 13.6. The van der Waals surface area contributed by atoms with Gasteiger partial charge >= 0.3 is 0 Å². The molecule has 3 aromatic rings. The largest absolute Gasteiger partial charge is 0.337 e. The van der Waals surface area contributed by atoms with Crippen LogP contribution in [-0.4, -0.2) is 11.8 Å². The van der Waals surface area contributed by atoms with Gasteiger partial charge in [0.2, 0.25) is 5.91 Å². The van der Waals surface area contributed by atoms with E-state index in [4.69, 9.17) is 11.6 Å². The Balaban J connectivity index is 1.75. The van der Waals surface area contributed by atoms with Gasteiger partial charge < -0.3 is 10.6 Å². The van der Waals surface area contributed by atoms with Gasteiger partial charge in [0, 0.05) is 16.8 Å². The van der Waals surface area contributed by atoms with E-state index in [0.29, 0.717) is 16.3 Å². The number of benzene rings is 3. The second-order valence-electron chi connectivity index (χ2n) is 6.10. The Morgan fingerprint density at radius 1 is 0.857 bits per heavy atom. The first-order valence-electron chi connectivity index (χ1n) is 8.77. The van der Waals surface area contributed by atoms with Gasteiger partial charge in [0.15, 0.2) is 0 Å². The zero-order valence-electron chi connectivity index (χ0n) is 15.0. The molecule has 4 nitrogen and oxygen atoms in total. The molecular weight excluding hydrogens is 372 g/mol. The van der Waals surface area contributed by atoms with Gasteiger partial charge in [-0.1, -0.05) is 72.3 Å². The van der Waals surface area contributed by atoms with E-state index in [1.807, 2.05) is 42.5 Å². The molecule has 28 heavy (non-hydrogen) atoms. The molecule has 0 aliphatic rings. The van der Waals surface area contributed by atoms with Crippen molar-refractivity contribution in [3.63, 3.8) is 0 Å². The highest BCUT2D eigenvalue weighted by atomic mass is 35.5. The summed E-state index contributed by atoms with van der Waals surface area (Å²) < 4.78 is 0. The molecule has 2 amide bonds. The van der Waals surface area contributed by atoms with Crippen LogP contribution in [0.5, 0.6) is 0 Å². The third kappa shape index (κ3) is 5.56. The number of carbonyl (C=O) groups excluding carboxylic acids is 2. The van der Waals surface area contributed by atoms with Gasteiger partial charge in [-0.05, 0) is 41.5 Å². The van der Waals surface area contributed by atoms with Crippen molar-refractivity contribution in [3.05, 3.63) is 107 Å². The van der Waals surface area contributed by atoms with Crippen LogP contribution in [0.3, 0.4) is 0 Å². The normalized spacial score (nSPS) is 11.8. The number of nitrogens with one attached hydrogen (secondary N) is 2. The van der Waals surface area contributed by atoms with Crippen molar-refractivity contribution in [3.8, 4) is 0 Å². The van der Waals surface area contributed by atoms with Gasteiger partial charge in [-0.3, -0.25) is 9.59 Å². The Kier molecular flexibility index (Phi) is 6.60. The Morgan fingerprint density at radius 3 is 2.21 bits per heavy atom. The molecule has 0 aromatic heterocycles. The van der Waals surface area contributed by atoms with E-state index in [2.05, 4.69) is 10.6 Å². The third-order valence-corrected chi connectivity index (χ3v) is 4.23. The van der Waals surface area contributed by atoms with Crippen molar-refractivity contribution < 1.29 is 9.59 Å². The number of rotatable bonds is 6. The van der Waals surface area contributed by atoms with Crippen LogP contribution in [0.15, 0.2) is 91.0 Å². The summed E-state index contributed by atoms with van der Waals surface area (Å²) in [5.74, 6) is -0.695. The van der Waals surface area contributed by atoms with Crippen molar-refractivity contribution >= 4 is 35.2 Å². The molecule has 0 radical (unpaired) electrons. The lowest BCUT2D eigenvalue weighted by atomic mass is 10.1. The molecular formula is C23H19ClN2O2. The van der Waals surface area contributed by atoms with Gasteiger partial charge in [0.1, 0.15) is 6.04 Å². The van der Waals surface area contributed by atoms with Crippen LogP contribution < -0.4 is 10.6 Å². The summed E-state index contributed by atoms with van der Waals surface area (Å²) in [6.07, 6.45) is 3.04. The van der Waals surface area contributed by atoms with E-state index in [-0.39, 0.29) is 11.8 Å². The van der Waals surface area contributed by atoms with Crippen LogP contribution in [0.4, 0.5) is 5.69 Å². The zero-order chi connectivity index (χ0) is 19.8. The molecule has 1 unspecified atom stereocenters. The van der Waals surface area contributed by atoms with Crippen molar-refractivity contribution in [2.45, 2.75) is 6.04 Å². The molecule has 0 aliphatic carbocycles. The monoisotopic (exact) mass is 390 g/mol. The second-order valence-corrected chi connectivity index (χ2v) is 6.53. The molecule has 0 heterocycles. The van der Waals surface area contributed by atoms with Gasteiger partial charge in [-0.25, -0.2) is 0 Å². The fraction of sp³-hybridized carbons (Fsp3) is 0.0435. The molecule has 140 valence electrons. The molecule has 0 spiro atoms. The van der Waals surface area contributed by atoms with Crippen molar-refractivity contribution in [2.75, 3.05) is 5.32 Å². The fourth-order valence-electron chi connectivity index (χ4n) is 2.65. The Hall–Kier alpha value is -3.37. The lowest BCUT2D eigenvalue weighted by molar-refractivity contribution is -0.123. The summed E-state index contributed by atoms with van der Waals surface area (Å²) in [6.45, 7) is 0. The molecule has 3 aromatic carbocycles. The number of halogens is 1. The first kappa shape index (κ1) is 19.4. The highest BCUT2D eigenvalue weighted by Gasteiger charge is 2.22. The number of hydrogen-bond acceptors (Lipinski definition) is 2. The molecule has 0 saturated carbocycles. The fourth-order valence-corrected chi connectivity index (χ4v) is 2.85. The maximum absolute atomic E-state index is 12.8. The molecule has 0 fully saturated rings. The summed E-state index contributed by atoms with van der Waals surface area (Å²) in [4.78, 5) is 25.2. The van der Waals surface area contributed by atoms with E-state index < -0.39 is 6.04 Å². The first-order valence-corrected chi connectivity index (χ1v) is 9.14. The Morgan fingerprint density at radius 2 is 1.54 bits per heavy atom. The van der Waals surface area contributed by atoms with Crippen LogP contribution in [0.25, 0.3) is 6.08 Å². The highest BCUT2D eigenvalue weighted by Crippen LogP contribution is 2.17. The van der Waals surface area contributed by atoms with Crippen molar-refractivity contribution in [1.29, 1.82) is 0 Å². The van der Waals surface area contributed by atoms with Crippen molar-refractivity contribution in [1.82, 2.24) is 5.32 Å². The van der Waals surface area contributed by atoms with Crippen LogP contribution in [0.2, 0.25) is 5.02 Å². The predicted octanol–water partition coefficient (Wildman–Crippen LogP) is 4.85. The SMILES string of the molecule is O=C(/C=C/c1cccc(Cl)c1)NC(C(=O)Nc1ccccc1)c1ccccc1. The minimum atomic E-state index is -0.821. The third-order valence-electron chi connectivity index (χ3n) is 4.00. The second kappa shape index (κ2) is 9.53. The topological polar surface area (TPSA) is 58.2 Å². The molecule has 5 heteroatoms. The van der Waals surface area contributed by atoms with E-state index in [9.17, 15) is 9.59 Å². The minimum absolute atomic E-state index is 0.318. The number of carbonyl (C=O) groups is 2. The van der Waals surface area contributed by atoms with Gasteiger partial charge in [-0.2, -0.15) is 0 Å². The van der Waals surface area contributed by atoms with Crippen LogP contribution in [0, 0.1) is 0 Å². The van der Waals surface area contributed by atoms with E-state index in [0.717, 1.165) is 5.56 Å². The maximum Gasteiger partial charge on any atom is 0.251 e. The predicted molar refractivity (Wildman–Crippen MR) is 113 cm³/mol. The average molecular weight is 391 g/mol. The number of para-hydroxylation sites is 1. The van der Waals surface area contributed by atoms with Gasteiger partial charge in [-0.15, -0.1) is 0 Å². The lowest BCUT2D eigenvalue weighted by Crippen LogP contribution is -2.36. The summed E-state index contributed by atoms with van der Waals surface area (Å²) in [5.41, 5.74) is 2.16. The molecule has 3 rings (SSSR count). The highest BCUT2D eigenvalue weighted by molar-refractivity contribution is 6.30. The van der Waals surface area contributed by atoms with E-state index in [1.54, 1.807) is 48.5 Å². The van der Waals surface area contributed by atoms with E-state index in [1.165, 1.54) is 6.08 Å². The minimum Gasteiger partial charge on any atom is -0.337 e. The summed E-state index contributed by atoms with van der Waals surface area (Å²) in [7, 11) is 0. The molecule has 2 N–H and O–H groups in total. The lowest BCUT2D eigenvalue weighted by Gasteiger charge is -2.18. The Bertz CT molecular complexity index is 972. The maximum atomic E-state index is 12.8. The van der Waals surface area contributed by atoms with Crippen LogP contribution >= 0.6 is 11.6 Å². The molecule has 0 aliphatic heterocycles. The number of anilines is 1. The molecule has 0 saturated heterocycles. The summed E-state index contributed by atoms with van der Waals surface area (Å²) in [6, 6.07) is 24.6. The molecule has 0 bridgehead atoms. The van der Waals surface area contributed by atoms with Crippen LogP contribution in [-0.2, 0) is 9.59 Å². The number of amides is 2. The van der Waals surface area contributed by atoms with E-state index >= 15 is 0 Å². The zero-order valence-corrected chi connectivity index (χ0v) is 15.8. The van der Waals surface area contributed by atoms with Gasteiger partial charge in [0.05, 0.1) is 0 Å². The smallest absolute Gasteiger partial charge is 0.251 e. The van der Waals surface area contributed by atoms with Crippen molar-refractivity contribution in [2.24, 2.45) is 0 Å². The number of hydrogen-bond donors (Lipinski definition) is 2. The van der Waals surface area contributed by atoms with Gasteiger partial charge in [0.25, 0.3) is 5.91 Å². The standard InChI is InChI=1S/C23H19ClN2O2/c24-19-11-7-8-17(16-19)14-15-21(27)26-22(18-9-3-1-4-10-18)23(28)25-20-12-5-2-6-13-20/h1-16,22H,(H,25,28)(H,26,27)/b15-14+. The Labute approximate surface area is 168 Å².